The quantitative estimate of drug-likeness (QED) is 0.191. The van der Waals surface area contributed by atoms with Crippen molar-refractivity contribution < 1.29 is 28.1 Å². The van der Waals surface area contributed by atoms with Gasteiger partial charge in [0.1, 0.15) is 29.0 Å². The number of methoxy groups -OCH3 is 2. The van der Waals surface area contributed by atoms with Crippen LogP contribution in [0.5, 0.6) is 17.2 Å². The molecule has 0 aliphatic heterocycles. The van der Waals surface area contributed by atoms with Crippen molar-refractivity contribution in [2.75, 3.05) is 32.3 Å². The van der Waals surface area contributed by atoms with Gasteiger partial charge in [-0.2, -0.15) is 0 Å². The lowest BCUT2D eigenvalue weighted by molar-refractivity contribution is -0.107. The molecular weight excluding hydrogens is 521 g/mol. The lowest BCUT2D eigenvalue weighted by atomic mass is 9.85. The van der Waals surface area contributed by atoms with Crippen LogP contribution in [0.1, 0.15) is 62.5 Å². The van der Waals surface area contributed by atoms with Gasteiger partial charge in [-0.25, -0.2) is 4.39 Å². The van der Waals surface area contributed by atoms with E-state index in [1.807, 2.05) is 38.1 Å². The number of benzene rings is 3. The van der Waals surface area contributed by atoms with Gasteiger partial charge >= 0.3 is 0 Å². The second kappa shape index (κ2) is 13.7. The fourth-order valence-electron chi connectivity index (χ4n) is 4.63. The highest BCUT2D eigenvalue weighted by Crippen LogP contribution is 2.45. The summed E-state index contributed by atoms with van der Waals surface area (Å²) >= 11 is 6.48. The van der Waals surface area contributed by atoms with Gasteiger partial charge in [-0.1, -0.05) is 30.7 Å². The lowest BCUT2D eigenvalue weighted by Crippen LogP contribution is -2.25. The Kier molecular flexibility index (Phi) is 10.6. The zero-order chi connectivity index (χ0) is 28.6. The highest BCUT2D eigenvalue weighted by molar-refractivity contribution is 6.30. The van der Waals surface area contributed by atoms with Gasteiger partial charge in [-0.15, -0.1) is 0 Å². The van der Waals surface area contributed by atoms with Crippen molar-refractivity contribution >= 4 is 23.7 Å². The molecule has 3 aromatic carbocycles. The number of hydrogen-bond donors (Lipinski definition) is 0. The highest BCUT2D eigenvalue weighted by atomic mass is 35.5. The van der Waals surface area contributed by atoms with Crippen molar-refractivity contribution in [2.45, 2.75) is 52.4 Å². The summed E-state index contributed by atoms with van der Waals surface area (Å²) in [5, 5.41) is 0.465. The number of amides is 1. The third-order valence-electron chi connectivity index (χ3n) is 6.70. The number of ether oxygens (including phenoxy) is 4. The third kappa shape index (κ3) is 6.84. The van der Waals surface area contributed by atoms with Crippen molar-refractivity contribution in [1.29, 1.82) is 0 Å². The lowest BCUT2D eigenvalue weighted by Gasteiger charge is -2.31. The smallest absolute Gasteiger partial charge is 0.214 e. The number of nitrogens with zero attached hydrogens (tertiary/aromatic N) is 1. The maximum absolute atomic E-state index is 16.1. The van der Waals surface area contributed by atoms with E-state index >= 15 is 4.39 Å². The molecule has 0 spiro atoms. The number of halogens is 2. The molecular formula is C31H37ClFNO5. The molecule has 0 aromatic heterocycles. The number of anilines is 1. The molecule has 210 valence electrons. The predicted octanol–water partition coefficient (Wildman–Crippen LogP) is 7.64. The van der Waals surface area contributed by atoms with Gasteiger partial charge in [0, 0.05) is 40.1 Å². The molecule has 39 heavy (non-hydrogen) atoms. The van der Waals surface area contributed by atoms with Gasteiger partial charge in [-0.3, -0.25) is 4.79 Å². The molecule has 6 nitrogen and oxygen atoms in total. The number of alkyl halides is 1. The van der Waals surface area contributed by atoms with E-state index in [1.165, 1.54) is 0 Å². The molecule has 8 heteroatoms. The fourth-order valence-corrected chi connectivity index (χ4v) is 4.81. The average Bonchev–Trinajstić information content (AvgIpc) is 2.94. The summed E-state index contributed by atoms with van der Waals surface area (Å²) in [7, 11) is 3.15. The van der Waals surface area contributed by atoms with Crippen molar-refractivity contribution in [1.82, 2.24) is 0 Å². The molecule has 0 N–H and O–H groups in total. The van der Waals surface area contributed by atoms with Crippen LogP contribution in [-0.4, -0.2) is 33.8 Å². The summed E-state index contributed by atoms with van der Waals surface area (Å²) in [5.41, 5.74) is 1.34. The zero-order valence-electron chi connectivity index (χ0n) is 23.4. The maximum Gasteiger partial charge on any atom is 0.214 e. The minimum absolute atomic E-state index is 0.214. The van der Waals surface area contributed by atoms with Crippen molar-refractivity contribution in [2.24, 2.45) is 0 Å². The minimum Gasteiger partial charge on any atom is -0.497 e. The normalized spacial score (nSPS) is 13.3. The standard InChI is InChI=1S/C31H37ClFNO5/c1-7-31(4,33)29-24(11-10-12-27(29)38-8-2)30(39-9-3)25-17-22(32)14-16-26(25)34(20-35)19-21-13-15-23(36-5)18-28(21)37-6/h10-18,20,30H,7-9,19H2,1-6H3/t30-,31?/m1/s1. The Hall–Kier alpha value is -3.29. The molecule has 0 aliphatic rings. The Morgan fingerprint density at radius 1 is 0.974 bits per heavy atom. The van der Waals surface area contributed by atoms with E-state index in [0.29, 0.717) is 57.9 Å². The van der Waals surface area contributed by atoms with Crippen molar-refractivity contribution in [3.05, 3.63) is 81.9 Å². The Bertz CT molecular complexity index is 1270. The second-order valence-corrected chi connectivity index (χ2v) is 9.59. The molecule has 2 atom stereocenters. The first-order valence-electron chi connectivity index (χ1n) is 13.0. The Labute approximate surface area is 235 Å². The van der Waals surface area contributed by atoms with Crippen LogP contribution in [0.3, 0.4) is 0 Å². The number of hydrogen-bond acceptors (Lipinski definition) is 5. The van der Waals surface area contributed by atoms with Gasteiger partial charge < -0.3 is 23.8 Å². The average molecular weight is 558 g/mol. The summed E-state index contributed by atoms with van der Waals surface area (Å²) in [6.07, 6.45) is 0.270. The first-order valence-corrected chi connectivity index (χ1v) is 13.4. The molecule has 0 fully saturated rings. The second-order valence-electron chi connectivity index (χ2n) is 9.15. The van der Waals surface area contributed by atoms with Gasteiger partial charge in [0.25, 0.3) is 0 Å². The number of carbonyl (C=O) groups excluding carboxylic acids is 1. The van der Waals surface area contributed by atoms with Crippen LogP contribution in [0, 0.1) is 0 Å². The topological polar surface area (TPSA) is 57.2 Å². The van der Waals surface area contributed by atoms with Crippen molar-refractivity contribution in [3.8, 4) is 17.2 Å². The molecule has 0 saturated carbocycles. The van der Waals surface area contributed by atoms with Crippen LogP contribution in [0.4, 0.5) is 10.1 Å². The van der Waals surface area contributed by atoms with Gasteiger partial charge in [0.15, 0.2) is 0 Å². The predicted molar refractivity (Wildman–Crippen MR) is 153 cm³/mol. The summed E-state index contributed by atoms with van der Waals surface area (Å²) < 4.78 is 39.1. The Morgan fingerprint density at radius 3 is 2.36 bits per heavy atom. The number of carbonyl (C=O) groups is 1. The van der Waals surface area contributed by atoms with Gasteiger partial charge in [0.05, 0.1) is 27.4 Å². The van der Waals surface area contributed by atoms with Crippen LogP contribution in [0.2, 0.25) is 5.02 Å². The van der Waals surface area contributed by atoms with Crippen LogP contribution in [-0.2, 0) is 21.7 Å². The summed E-state index contributed by atoms with van der Waals surface area (Å²) in [6, 6.07) is 16.1. The number of rotatable bonds is 14. The molecule has 0 saturated heterocycles. The van der Waals surface area contributed by atoms with E-state index in [4.69, 9.17) is 30.5 Å². The Balaban J connectivity index is 2.21. The summed E-state index contributed by atoms with van der Waals surface area (Å²) in [6.45, 7) is 8.02. The molecule has 0 bridgehead atoms. The van der Waals surface area contributed by atoms with E-state index in [1.54, 1.807) is 63.3 Å². The van der Waals surface area contributed by atoms with Crippen LogP contribution in [0.15, 0.2) is 54.6 Å². The Morgan fingerprint density at radius 2 is 1.74 bits per heavy atom. The monoisotopic (exact) mass is 557 g/mol. The van der Waals surface area contributed by atoms with Crippen LogP contribution < -0.4 is 19.1 Å². The first-order chi connectivity index (χ1) is 18.7. The van der Waals surface area contributed by atoms with Crippen LogP contribution in [0.25, 0.3) is 0 Å². The fraction of sp³-hybridized carbons (Fsp3) is 0.387. The molecule has 1 amide bonds. The minimum atomic E-state index is -1.68. The highest BCUT2D eigenvalue weighted by Gasteiger charge is 2.35. The van der Waals surface area contributed by atoms with Gasteiger partial charge in [-0.05, 0) is 69.2 Å². The van der Waals surface area contributed by atoms with E-state index in [2.05, 4.69) is 0 Å². The van der Waals surface area contributed by atoms with E-state index in [0.717, 1.165) is 12.0 Å². The first kappa shape index (κ1) is 30.3. The van der Waals surface area contributed by atoms with E-state index in [-0.39, 0.29) is 13.0 Å². The van der Waals surface area contributed by atoms with Crippen LogP contribution >= 0.6 is 11.6 Å². The van der Waals surface area contributed by atoms with Gasteiger partial charge in [0.2, 0.25) is 6.41 Å². The van der Waals surface area contributed by atoms with E-state index in [9.17, 15) is 4.79 Å². The third-order valence-corrected chi connectivity index (χ3v) is 6.94. The van der Waals surface area contributed by atoms with E-state index < -0.39 is 11.8 Å². The molecule has 3 rings (SSSR count). The molecule has 0 radical (unpaired) electrons. The van der Waals surface area contributed by atoms with Crippen molar-refractivity contribution in [3.63, 3.8) is 0 Å². The largest absolute Gasteiger partial charge is 0.497 e. The molecule has 0 heterocycles. The molecule has 3 aromatic rings. The maximum atomic E-state index is 16.1. The molecule has 1 unspecified atom stereocenters. The summed E-state index contributed by atoms with van der Waals surface area (Å²) in [5.74, 6) is 1.69. The zero-order valence-corrected chi connectivity index (χ0v) is 24.2. The summed E-state index contributed by atoms with van der Waals surface area (Å²) in [4.78, 5) is 14.1. The molecule has 0 aliphatic carbocycles. The SMILES string of the molecule is CCOc1cccc([C@@H](OCC)c2cc(Cl)ccc2N(C=O)Cc2ccc(OC)cc2OC)c1C(C)(F)CC.